The lowest BCUT2D eigenvalue weighted by Gasteiger charge is -2.18. The van der Waals surface area contributed by atoms with Gasteiger partial charge in [-0.25, -0.2) is 0 Å². The number of ether oxygens (including phenoxy) is 2. The SMILES string of the molecule is COc1c(Cl)c(C)c(C=O)c(OC)c1C/C=C(\C)CCC=C(C)C. The summed E-state index contributed by atoms with van der Waals surface area (Å²) in [4.78, 5) is 11.5. The highest BCUT2D eigenvalue weighted by Crippen LogP contribution is 2.41. The van der Waals surface area contributed by atoms with Crippen LogP contribution in [0.5, 0.6) is 11.5 Å². The van der Waals surface area contributed by atoms with Crippen LogP contribution in [0.25, 0.3) is 0 Å². The summed E-state index contributed by atoms with van der Waals surface area (Å²) < 4.78 is 11.0. The Hall–Kier alpha value is -1.74. The molecule has 24 heavy (non-hydrogen) atoms. The zero-order valence-corrected chi connectivity index (χ0v) is 16.2. The van der Waals surface area contributed by atoms with E-state index in [1.807, 2.05) is 0 Å². The largest absolute Gasteiger partial charge is 0.496 e. The zero-order valence-electron chi connectivity index (χ0n) is 15.5. The van der Waals surface area contributed by atoms with Crippen molar-refractivity contribution in [2.24, 2.45) is 0 Å². The van der Waals surface area contributed by atoms with Crippen LogP contribution in [-0.4, -0.2) is 20.5 Å². The predicted molar refractivity (Wildman–Crippen MR) is 101 cm³/mol. The van der Waals surface area contributed by atoms with Crippen LogP contribution in [0.1, 0.15) is 55.1 Å². The van der Waals surface area contributed by atoms with Crippen molar-refractivity contribution in [1.82, 2.24) is 0 Å². The minimum atomic E-state index is 0.464. The molecule has 0 bridgehead atoms. The number of carbonyl (C=O) groups is 1. The number of allylic oxidation sites excluding steroid dienone is 4. The molecule has 0 saturated carbocycles. The van der Waals surface area contributed by atoms with E-state index in [0.717, 1.165) is 24.7 Å². The standard InChI is InChI=1S/C20H27ClO3/c1-13(2)8-7-9-14(3)10-11-16-19(23-5)17(12-22)15(4)18(21)20(16)24-6/h8,10,12H,7,9,11H2,1-6H3/b14-10+. The zero-order chi connectivity index (χ0) is 18.3. The lowest BCUT2D eigenvalue weighted by Crippen LogP contribution is -2.04. The quantitative estimate of drug-likeness (QED) is 0.444. The van der Waals surface area contributed by atoms with Crippen molar-refractivity contribution in [3.05, 3.63) is 45.0 Å². The normalized spacial score (nSPS) is 11.2. The molecule has 0 amide bonds. The third kappa shape index (κ3) is 4.88. The van der Waals surface area contributed by atoms with E-state index in [0.29, 0.717) is 34.1 Å². The molecule has 0 unspecified atom stereocenters. The van der Waals surface area contributed by atoms with Gasteiger partial charge < -0.3 is 9.47 Å². The third-order valence-electron chi connectivity index (χ3n) is 4.00. The van der Waals surface area contributed by atoms with Crippen LogP contribution < -0.4 is 9.47 Å². The first-order chi connectivity index (χ1) is 11.4. The Kier molecular flexibility index (Phi) is 8.06. The van der Waals surface area contributed by atoms with Gasteiger partial charge in [-0.2, -0.15) is 0 Å². The Bertz CT molecular complexity index is 654. The molecule has 132 valence electrons. The molecular weight excluding hydrogens is 324 g/mol. The highest BCUT2D eigenvalue weighted by Gasteiger charge is 2.21. The summed E-state index contributed by atoms with van der Waals surface area (Å²) in [6.45, 7) is 8.10. The average molecular weight is 351 g/mol. The molecule has 3 nitrogen and oxygen atoms in total. The molecule has 0 aliphatic rings. The van der Waals surface area contributed by atoms with Gasteiger partial charge in [0, 0.05) is 5.56 Å². The second-order valence-corrected chi connectivity index (χ2v) is 6.47. The maximum Gasteiger partial charge on any atom is 0.154 e. The van der Waals surface area contributed by atoms with Gasteiger partial charge in [-0.3, -0.25) is 4.79 Å². The average Bonchev–Trinajstić information content (AvgIpc) is 2.54. The Balaban J connectivity index is 3.20. The molecule has 0 aliphatic heterocycles. The first-order valence-electron chi connectivity index (χ1n) is 8.04. The molecular formula is C20H27ClO3. The van der Waals surface area contributed by atoms with Gasteiger partial charge in [0.1, 0.15) is 11.5 Å². The van der Waals surface area contributed by atoms with Gasteiger partial charge in [0.25, 0.3) is 0 Å². The van der Waals surface area contributed by atoms with Crippen molar-refractivity contribution in [3.8, 4) is 11.5 Å². The Labute approximate surface area is 150 Å². The second kappa shape index (κ2) is 9.53. The van der Waals surface area contributed by atoms with Crippen molar-refractivity contribution in [2.45, 2.75) is 47.0 Å². The fourth-order valence-electron chi connectivity index (χ4n) is 2.60. The van der Waals surface area contributed by atoms with E-state index in [9.17, 15) is 4.79 Å². The van der Waals surface area contributed by atoms with E-state index in [2.05, 4.69) is 32.9 Å². The maximum atomic E-state index is 11.5. The van der Waals surface area contributed by atoms with E-state index < -0.39 is 0 Å². The van der Waals surface area contributed by atoms with E-state index >= 15 is 0 Å². The van der Waals surface area contributed by atoms with E-state index in [1.165, 1.54) is 11.1 Å². The van der Waals surface area contributed by atoms with Gasteiger partial charge in [0.2, 0.25) is 0 Å². The Morgan fingerprint density at radius 3 is 2.21 bits per heavy atom. The van der Waals surface area contributed by atoms with Gasteiger partial charge in [-0.1, -0.05) is 34.9 Å². The fraction of sp³-hybridized carbons (Fsp3) is 0.450. The minimum Gasteiger partial charge on any atom is -0.496 e. The number of methoxy groups -OCH3 is 2. The lowest BCUT2D eigenvalue weighted by atomic mass is 9.98. The monoisotopic (exact) mass is 350 g/mol. The van der Waals surface area contributed by atoms with Crippen LogP contribution >= 0.6 is 11.6 Å². The Morgan fingerprint density at radius 1 is 1.08 bits per heavy atom. The molecule has 0 N–H and O–H groups in total. The smallest absolute Gasteiger partial charge is 0.154 e. The molecule has 0 fully saturated rings. The molecule has 0 radical (unpaired) electrons. The number of halogens is 1. The predicted octanol–water partition coefficient (Wildman–Crippen LogP) is 5.71. The minimum absolute atomic E-state index is 0.464. The summed E-state index contributed by atoms with van der Waals surface area (Å²) in [6.07, 6.45) is 7.77. The van der Waals surface area contributed by atoms with Crippen molar-refractivity contribution in [1.29, 1.82) is 0 Å². The van der Waals surface area contributed by atoms with Crippen molar-refractivity contribution in [2.75, 3.05) is 14.2 Å². The van der Waals surface area contributed by atoms with Crippen LogP contribution in [0.2, 0.25) is 5.02 Å². The lowest BCUT2D eigenvalue weighted by molar-refractivity contribution is 0.112. The molecule has 1 aromatic carbocycles. The number of hydrogen-bond donors (Lipinski definition) is 0. The van der Waals surface area contributed by atoms with Crippen LogP contribution in [-0.2, 0) is 6.42 Å². The van der Waals surface area contributed by atoms with Gasteiger partial charge in [-0.15, -0.1) is 0 Å². The molecule has 0 atom stereocenters. The topological polar surface area (TPSA) is 35.5 Å². The van der Waals surface area contributed by atoms with E-state index in [4.69, 9.17) is 21.1 Å². The molecule has 0 saturated heterocycles. The summed E-state index contributed by atoms with van der Waals surface area (Å²) in [5.74, 6) is 1.11. The molecule has 0 heterocycles. The maximum absolute atomic E-state index is 11.5. The number of hydrogen-bond acceptors (Lipinski definition) is 3. The molecule has 1 aromatic rings. The first-order valence-corrected chi connectivity index (χ1v) is 8.42. The van der Waals surface area contributed by atoms with Crippen LogP contribution in [0.15, 0.2) is 23.3 Å². The van der Waals surface area contributed by atoms with Crippen molar-refractivity contribution in [3.63, 3.8) is 0 Å². The summed E-state index contributed by atoms with van der Waals surface area (Å²) in [5.41, 5.74) is 4.56. The molecule has 4 heteroatoms. The van der Waals surface area contributed by atoms with Crippen molar-refractivity contribution >= 4 is 17.9 Å². The molecule has 0 aromatic heterocycles. The van der Waals surface area contributed by atoms with E-state index in [-0.39, 0.29) is 0 Å². The first kappa shape index (κ1) is 20.3. The van der Waals surface area contributed by atoms with E-state index in [1.54, 1.807) is 21.1 Å². The van der Waals surface area contributed by atoms with Crippen LogP contribution in [0, 0.1) is 6.92 Å². The van der Waals surface area contributed by atoms with Gasteiger partial charge in [-0.05, 0) is 52.5 Å². The summed E-state index contributed by atoms with van der Waals surface area (Å²) in [6, 6.07) is 0. The number of aldehydes is 1. The molecule has 0 aliphatic carbocycles. The fourth-order valence-corrected chi connectivity index (χ4v) is 2.89. The third-order valence-corrected chi connectivity index (χ3v) is 4.45. The number of benzene rings is 1. The molecule has 1 rings (SSSR count). The highest BCUT2D eigenvalue weighted by atomic mass is 35.5. The van der Waals surface area contributed by atoms with Crippen LogP contribution in [0.3, 0.4) is 0 Å². The van der Waals surface area contributed by atoms with Gasteiger partial charge in [0.05, 0.1) is 24.8 Å². The number of carbonyl (C=O) groups excluding carboxylic acids is 1. The Morgan fingerprint density at radius 2 is 1.71 bits per heavy atom. The summed E-state index contributed by atoms with van der Waals surface area (Å²) >= 11 is 6.38. The summed E-state index contributed by atoms with van der Waals surface area (Å²) in [7, 11) is 3.14. The van der Waals surface area contributed by atoms with Gasteiger partial charge in [0.15, 0.2) is 6.29 Å². The summed E-state index contributed by atoms with van der Waals surface area (Å²) in [5, 5.41) is 0.464. The number of rotatable bonds is 8. The highest BCUT2D eigenvalue weighted by molar-refractivity contribution is 6.33. The molecule has 0 spiro atoms. The van der Waals surface area contributed by atoms with Gasteiger partial charge >= 0.3 is 0 Å². The van der Waals surface area contributed by atoms with Crippen LogP contribution in [0.4, 0.5) is 0 Å². The van der Waals surface area contributed by atoms with Crippen molar-refractivity contribution < 1.29 is 14.3 Å². The second-order valence-electron chi connectivity index (χ2n) is 6.09.